The third-order valence-corrected chi connectivity index (χ3v) is 4.21. The fourth-order valence-corrected chi connectivity index (χ4v) is 2.81. The molecule has 1 amide bonds. The van der Waals surface area contributed by atoms with Crippen LogP contribution in [0.2, 0.25) is 0 Å². The van der Waals surface area contributed by atoms with Gasteiger partial charge in [-0.1, -0.05) is 6.07 Å². The van der Waals surface area contributed by atoms with E-state index in [0.717, 1.165) is 36.9 Å². The van der Waals surface area contributed by atoms with Crippen LogP contribution >= 0.6 is 0 Å². The summed E-state index contributed by atoms with van der Waals surface area (Å²) < 4.78 is 0. The summed E-state index contributed by atoms with van der Waals surface area (Å²) in [5.74, 6) is 5.25. The molecule has 1 aliphatic heterocycles. The number of carbonyl (C=O) groups is 1. The van der Waals surface area contributed by atoms with Crippen LogP contribution in [0.3, 0.4) is 0 Å². The quantitative estimate of drug-likeness (QED) is 0.860. The molecule has 1 heterocycles. The summed E-state index contributed by atoms with van der Waals surface area (Å²) in [4.78, 5) is 19.4. The van der Waals surface area contributed by atoms with E-state index in [1.807, 2.05) is 30.0 Å². The highest BCUT2D eigenvalue weighted by Gasteiger charge is 2.27. The number of piperidine rings is 1. The summed E-state index contributed by atoms with van der Waals surface area (Å²) in [7, 11) is 0. The van der Waals surface area contributed by atoms with E-state index in [0.29, 0.717) is 6.61 Å². The highest BCUT2D eigenvalue weighted by Crippen LogP contribution is 2.22. The molecule has 0 spiro atoms. The van der Waals surface area contributed by atoms with E-state index in [4.69, 9.17) is 5.90 Å². The highest BCUT2D eigenvalue weighted by molar-refractivity contribution is 5.94. The van der Waals surface area contributed by atoms with Gasteiger partial charge in [0.15, 0.2) is 0 Å². The minimum atomic E-state index is 0.134. The van der Waals surface area contributed by atoms with Gasteiger partial charge in [-0.05, 0) is 62.8 Å². The molecule has 1 aromatic carbocycles. The monoisotopic (exact) mass is 276 g/mol. The van der Waals surface area contributed by atoms with Crippen molar-refractivity contribution < 1.29 is 9.63 Å². The second-order valence-corrected chi connectivity index (χ2v) is 5.61. The Labute approximate surface area is 120 Å². The third kappa shape index (κ3) is 3.38. The molecule has 2 rings (SSSR count). The van der Waals surface area contributed by atoms with Gasteiger partial charge < -0.3 is 9.74 Å². The normalized spacial score (nSPS) is 19.1. The molecule has 0 aromatic heterocycles. The smallest absolute Gasteiger partial charge is 0.254 e. The summed E-state index contributed by atoms with van der Waals surface area (Å²) in [5, 5.41) is 0. The van der Waals surface area contributed by atoms with E-state index in [1.54, 1.807) is 0 Å². The van der Waals surface area contributed by atoms with Crippen LogP contribution in [-0.4, -0.2) is 30.0 Å². The van der Waals surface area contributed by atoms with Gasteiger partial charge in [0, 0.05) is 18.2 Å². The average Bonchev–Trinajstić information content (AvgIpc) is 2.47. The van der Waals surface area contributed by atoms with Crippen LogP contribution in [0, 0.1) is 13.8 Å². The molecule has 0 aliphatic carbocycles. The first-order chi connectivity index (χ1) is 9.63. The van der Waals surface area contributed by atoms with Gasteiger partial charge in [0.05, 0.1) is 6.61 Å². The SMILES string of the molecule is Cc1ccc(C(=O)N2CCCCC2CCON)cc1C. The summed E-state index contributed by atoms with van der Waals surface area (Å²) in [6.45, 7) is 5.44. The number of hydrogen-bond donors (Lipinski definition) is 1. The molecule has 110 valence electrons. The van der Waals surface area contributed by atoms with Crippen LogP contribution in [0.15, 0.2) is 18.2 Å². The van der Waals surface area contributed by atoms with Crippen LogP contribution in [0.4, 0.5) is 0 Å². The Kier molecular flexibility index (Phi) is 5.15. The predicted molar refractivity (Wildman–Crippen MR) is 79.3 cm³/mol. The molecule has 1 atom stereocenters. The van der Waals surface area contributed by atoms with Gasteiger partial charge in [-0.25, -0.2) is 5.90 Å². The number of amides is 1. The minimum absolute atomic E-state index is 0.134. The maximum atomic E-state index is 12.7. The highest BCUT2D eigenvalue weighted by atomic mass is 16.6. The lowest BCUT2D eigenvalue weighted by Crippen LogP contribution is -2.44. The van der Waals surface area contributed by atoms with Gasteiger partial charge in [-0.3, -0.25) is 4.79 Å². The second kappa shape index (κ2) is 6.86. The Morgan fingerprint density at radius 2 is 2.15 bits per heavy atom. The Hall–Kier alpha value is -1.39. The fraction of sp³-hybridized carbons (Fsp3) is 0.562. The lowest BCUT2D eigenvalue weighted by Gasteiger charge is -2.36. The molecule has 4 heteroatoms. The maximum Gasteiger partial charge on any atom is 0.254 e. The Balaban J connectivity index is 2.14. The first-order valence-corrected chi connectivity index (χ1v) is 7.33. The Morgan fingerprint density at radius 3 is 2.85 bits per heavy atom. The molecule has 1 aliphatic rings. The van der Waals surface area contributed by atoms with Crippen molar-refractivity contribution in [1.29, 1.82) is 0 Å². The fourth-order valence-electron chi connectivity index (χ4n) is 2.81. The number of rotatable bonds is 4. The average molecular weight is 276 g/mol. The first-order valence-electron chi connectivity index (χ1n) is 7.33. The van der Waals surface area contributed by atoms with Gasteiger partial charge in [-0.15, -0.1) is 0 Å². The van der Waals surface area contributed by atoms with E-state index >= 15 is 0 Å². The van der Waals surface area contributed by atoms with E-state index < -0.39 is 0 Å². The van der Waals surface area contributed by atoms with Gasteiger partial charge in [0.1, 0.15) is 0 Å². The van der Waals surface area contributed by atoms with Crippen molar-refractivity contribution in [2.45, 2.75) is 45.6 Å². The molecule has 1 fully saturated rings. The van der Waals surface area contributed by atoms with Gasteiger partial charge in [-0.2, -0.15) is 0 Å². The van der Waals surface area contributed by atoms with Crippen LogP contribution in [0.5, 0.6) is 0 Å². The van der Waals surface area contributed by atoms with Crippen molar-refractivity contribution in [2.75, 3.05) is 13.2 Å². The molecule has 0 bridgehead atoms. The number of hydrogen-bond acceptors (Lipinski definition) is 3. The van der Waals surface area contributed by atoms with Crippen molar-refractivity contribution >= 4 is 5.91 Å². The Bertz CT molecular complexity index is 474. The molecule has 0 saturated carbocycles. The predicted octanol–water partition coefficient (Wildman–Crippen LogP) is 2.58. The van der Waals surface area contributed by atoms with Crippen molar-refractivity contribution in [3.8, 4) is 0 Å². The molecular weight excluding hydrogens is 252 g/mol. The molecule has 0 radical (unpaired) electrons. The molecule has 1 unspecified atom stereocenters. The molecule has 2 N–H and O–H groups in total. The minimum Gasteiger partial charge on any atom is -0.336 e. The van der Waals surface area contributed by atoms with E-state index in [1.165, 1.54) is 12.0 Å². The van der Waals surface area contributed by atoms with E-state index in [9.17, 15) is 4.79 Å². The molecule has 4 nitrogen and oxygen atoms in total. The molecular formula is C16H24N2O2. The van der Waals surface area contributed by atoms with Gasteiger partial charge in [0.2, 0.25) is 0 Å². The number of carbonyl (C=O) groups excluding carboxylic acids is 1. The van der Waals surface area contributed by atoms with Gasteiger partial charge in [0.25, 0.3) is 5.91 Å². The zero-order valence-electron chi connectivity index (χ0n) is 12.4. The van der Waals surface area contributed by atoms with Crippen molar-refractivity contribution in [2.24, 2.45) is 5.90 Å². The summed E-state index contributed by atoms with van der Waals surface area (Å²) in [6, 6.07) is 6.18. The number of nitrogens with zero attached hydrogens (tertiary/aromatic N) is 1. The zero-order valence-corrected chi connectivity index (χ0v) is 12.4. The van der Waals surface area contributed by atoms with Crippen molar-refractivity contribution in [1.82, 2.24) is 4.90 Å². The number of benzene rings is 1. The number of nitrogens with two attached hydrogens (primary N) is 1. The Morgan fingerprint density at radius 1 is 1.35 bits per heavy atom. The van der Waals surface area contributed by atoms with Crippen LogP contribution in [0.1, 0.15) is 47.2 Å². The van der Waals surface area contributed by atoms with Crippen LogP contribution in [-0.2, 0) is 4.84 Å². The lowest BCUT2D eigenvalue weighted by atomic mass is 9.97. The summed E-state index contributed by atoms with van der Waals surface area (Å²) in [5.41, 5.74) is 3.16. The summed E-state index contributed by atoms with van der Waals surface area (Å²) >= 11 is 0. The first kappa shape index (κ1) is 15.0. The number of aryl methyl sites for hydroxylation is 2. The van der Waals surface area contributed by atoms with E-state index in [2.05, 4.69) is 11.8 Å². The molecule has 1 saturated heterocycles. The topological polar surface area (TPSA) is 55.6 Å². The molecule has 1 aromatic rings. The maximum absolute atomic E-state index is 12.7. The van der Waals surface area contributed by atoms with Crippen LogP contribution < -0.4 is 5.90 Å². The number of likely N-dealkylation sites (tertiary alicyclic amines) is 1. The van der Waals surface area contributed by atoms with E-state index in [-0.39, 0.29) is 11.9 Å². The standard InChI is InChI=1S/C16H24N2O2/c1-12-6-7-14(11-13(12)2)16(19)18-9-4-3-5-15(18)8-10-20-17/h6-7,11,15H,3-5,8-10,17H2,1-2H3. The summed E-state index contributed by atoms with van der Waals surface area (Å²) in [6.07, 6.45) is 4.11. The van der Waals surface area contributed by atoms with Crippen molar-refractivity contribution in [3.63, 3.8) is 0 Å². The molecule has 20 heavy (non-hydrogen) atoms. The third-order valence-electron chi connectivity index (χ3n) is 4.21. The zero-order chi connectivity index (χ0) is 14.5. The van der Waals surface area contributed by atoms with Crippen LogP contribution in [0.25, 0.3) is 0 Å². The largest absolute Gasteiger partial charge is 0.336 e. The second-order valence-electron chi connectivity index (χ2n) is 5.61. The lowest BCUT2D eigenvalue weighted by molar-refractivity contribution is 0.0514. The van der Waals surface area contributed by atoms with Crippen molar-refractivity contribution in [3.05, 3.63) is 34.9 Å². The van der Waals surface area contributed by atoms with Gasteiger partial charge >= 0.3 is 0 Å².